The molecule has 2 aromatic rings. The van der Waals surface area contributed by atoms with Crippen LogP contribution in [0.2, 0.25) is 0 Å². The summed E-state index contributed by atoms with van der Waals surface area (Å²) in [7, 11) is 0. The van der Waals surface area contributed by atoms with Crippen LogP contribution >= 0.6 is 0 Å². The van der Waals surface area contributed by atoms with E-state index in [0.29, 0.717) is 18.2 Å². The third-order valence-electron chi connectivity index (χ3n) is 5.44. The van der Waals surface area contributed by atoms with Gasteiger partial charge in [-0.1, -0.05) is 0 Å². The SMILES string of the molecule is O=C(CNc1ccc(F)cc1)NC1CCN(c2nccc(C3CCOCC3)n2)C1. The first kappa shape index (κ1) is 19.6. The van der Waals surface area contributed by atoms with Gasteiger partial charge in [-0.3, -0.25) is 4.79 Å². The third kappa shape index (κ3) is 5.20. The molecule has 2 aliphatic rings. The number of anilines is 2. The number of hydrogen-bond donors (Lipinski definition) is 2. The molecule has 4 rings (SSSR count). The smallest absolute Gasteiger partial charge is 0.239 e. The number of benzene rings is 1. The molecule has 8 heteroatoms. The lowest BCUT2D eigenvalue weighted by molar-refractivity contribution is -0.119. The van der Waals surface area contributed by atoms with E-state index in [1.807, 2.05) is 12.3 Å². The zero-order valence-corrected chi connectivity index (χ0v) is 16.3. The standard InChI is InChI=1S/C21H26FN5O2/c22-16-1-3-17(4-2-16)24-13-20(28)25-18-6-10-27(14-18)21-23-9-5-19(26-21)15-7-11-29-12-8-15/h1-5,9,15,18,24H,6-8,10-14H2,(H,25,28). The number of carbonyl (C=O) groups excluding carboxylic acids is 1. The number of hydrogen-bond acceptors (Lipinski definition) is 6. The molecule has 2 aliphatic heterocycles. The van der Waals surface area contributed by atoms with E-state index in [-0.39, 0.29) is 24.3 Å². The van der Waals surface area contributed by atoms with Crippen molar-refractivity contribution in [2.75, 3.05) is 43.1 Å². The zero-order valence-electron chi connectivity index (χ0n) is 16.3. The summed E-state index contributed by atoms with van der Waals surface area (Å²) in [4.78, 5) is 23.6. The van der Waals surface area contributed by atoms with Gasteiger partial charge < -0.3 is 20.3 Å². The minimum absolute atomic E-state index is 0.0628. The highest BCUT2D eigenvalue weighted by Gasteiger charge is 2.26. The maximum Gasteiger partial charge on any atom is 0.239 e. The highest BCUT2D eigenvalue weighted by atomic mass is 19.1. The fourth-order valence-electron chi connectivity index (χ4n) is 3.82. The number of rotatable bonds is 6. The Hall–Kier alpha value is -2.74. The van der Waals surface area contributed by atoms with Crippen molar-refractivity contribution in [2.45, 2.75) is 31.2 Å². The Kier molecular flexibility index (Phi) is 6.19. The molecule has 154 valence electrons. The van der Waals surface area contributed by atoms with Crippen LogP contribution in [-0.4, -0.2) is 54.8 Å². The summed E-state index contributed by atoms with van der Waals surface area (Å²) in [6.07, 6.45) is 4.67. The van der Waals surface area contributed by atoms with E-state index in [9.17, 15) is 9.18 Å². The van der Waals surface area contributed by atoms with Gasteiger partial charge in [-0.2, -0.15) is 0 Å². The first-order chi connectivity index (χ1) is 14.2. The largest absolute Gasteiger partial charge is 0.381 e. The lowest BCUT2D eigenvalue weighted by Crippen LogP contribution is -2.40. The third-order valence-corrected chi connectivity index (χ3v) is 5.44. The van der Waals surface area contributed by atoms with Gasteiger partial charge in [-0.05, 0) is 49.6 Å². The molecule has 2 saturated heterocycles. The molecule has 7 nitrogen and oxygen atoms in total. The summed E-state index contributed by atoms with van der Waals surface area (Å²) in [5, 5.41) is 6.05. The predicted molar refractivity (Wildman–Crippen MR) is 108 cm³/mol. The fraction of sp³-hybridized carbons (Fsp3) is 0.476. The van der Waals surface area contributed by atoms with Crippen LogP contribution in [0.3, 0.4) is 0 Å². The zero-order chi connectivity index (χ0) is 20.1. The van der Waals surface area contributed by atoms with Crippen LogP contribution in [0.4, 0.5) is 16.0 Å². The van der Waals surface area contributed by atoms with Gasteiger partial charge in [0.25, 0.3) is 0 Å². The Morgan fingerprint density at radius 1 is 1.17 bits per heavy atom. The quantitative estimate of drug-likeness (QED) is 0.776. The van der Waals surface area contributed by atoms with Crippen molar-refractivity contribution in [2.24, 2.45) is 0 Å². The number of halogens is 1. The monoisotopic (exact) mass is 399 g/mol. The summed E-state index contributed by atoms with van der Waals surface area (Å²) in [5.41, 5.74) is 1.79. The molecule has 1 unspecified atom stereocenters. The molecule has 3 heterocycles. The molecular weight excluding hydrogens is 373 g/mol. The van der Waals surface area contributed by atoms with Gasteiger partial charge in [0, 0.05) is 55.8 Å². The molecule has 0 bridgehead atoms. The number of amides is 1. The molecule has 0 saturated carbocycles. The molecule has 1 aromatic heterocycles. The summed E-state index contributed by atoms with van der Waals surface area (Å²) in [6.45, 7) is 3.23. The number of nitrogens with zero attached hydrogens (tertiary/aromatic N) is 3. The Morgan fingerprint density at radius 2 is 1.97 bits per heavy atom. The Morgan fingerprint density at radius 3 is 2.76 bits per heavy atom. The number of nitrogens with one attached hydrogen (secondary N) is 2. The summed E-state index contributed by atoms with van der Waals surface area (Å²) < 4.78 is 18.4. The van der Waals surface area contributed by atoms with Crippen LogP contribution in [0.5, 0.6) is 0 Å². The van der Waals surface area contributed by atoms with Crippen molar-refractivity contribution in [1.29, 1.82) is 0 Å². The van der Waals surface area contributed by atoms with E-state index in [1.54, 1.807) is 12.1 Å². The lowest BCUT2D eigenvalue weighted by Gasteiger charge is -2.23. The van der Waals surface area contributed by atoms with Crippen molar-refractivity contribution in [3.8, 4) is 0 Å². The molecule has 0 aliphatic carbocycles. The molecule has 29 heavy (non-hydrogen) atoms. The number of aromatic nitrogens is 2. The van der Waals surface area contributed by atoms with Crippen molar-refractivity contribution in [3.63, 3.8) is 0 Å². The van der Waals surface area contributed by atoms with Crippen LogP contribution in [0, 0.1) is 5.82 Å². The minimum Gasteiger partial charge on any atom is -0.381 e. The highest BCUT2D eigenvalue weighted by molar-refractivity contribution is 5.81. The molecule has 0 radical (unpaired) electrons. The fourth-order valence-corrected chi connectivity index (χ4v) is 3.82. The second kappa shape index (κ2) is 9.17. The van der Waals surface area contributed by atoms with Crippen molar-refractivity contribution in [3.05, 3.63) is 48.0 Å². The second-order valence-corrected chi connectivity index (χ2v) is 7.53. The van der Waals surface area contributed by atoms with Crippen molar-refractivity contribution < 1.29 is 13.9 Å². The van der Waals surface area contributed by atoms with E-state index in [0.717, 1.165) is 50.7 Å². The van der Waals surface area contributed by atoms with E-state index in [2.05, 4.69) is 20.5 Å². The number of ether oxygens (including phenoxy) is 1. The van der Waals surface area contributed by atoms with Crippen LogP contribution in [-0.2, 0) is 9.53 Å². The molecule has 2 N–H and O–H groups in total. The Labute approximate surface area is 169 Å². The Balaban J connectivity index is 1.27. The van der Waals surface area contributed by atoms with E-state index in [4.69, 9.17) is 9.72 Å². The van der Waals surface area contributed by atoms with Gasteiger partial charge in [-0.15, -0.1) is 0 Å². The second-order valence-electron chi connectivity index (χ2n) is 7.53. The van der Waals surface area contributed by atoms with Crippen LogP contribution < -0.4 is 15.5 Å². The molecular formula is C21H26FN5O2. The van der Waals surface area contributed by atoms with E-state index in [1.165, 1.54) is 12.1 Å². The average molecular weight is 399 g/mol. The lowest BCUT2D eigenvalue weighted by atomic mass is 9.96. The number of carbonyl (C=O) groups is 1. The van der Waals surface area contributed by atoms with Crippen molar-refractivity contribution >= 4 is 17.5 Å². The van der Waals surface area contributed by atoms with Crippen LogP contribution in [0.1, 0.15) is 30.9 Å². The highest BCUT2D eigenvalue weighted by Crippen LogP contribution is 2.26. The van der Waals surface area contributed by atoms with Gasteiger partial charge in [0.05, 0.1) is 6.54 Å². The molecule has 1 atom stereocenters. The van der Waals surface area contributed by atoms with Gasteiger partial charge in [0.2, 0.25) is 11.9 Å². The van der Waals surface area contributed by atoms with E-state index < -0.39 is 0 Å². The van der Waals surface area contributed by atoms with Crippen molar-refractivity contribution in [1.82, 2.24) is 15.3 Å². The van der Waals surface area contributed by atoms with Gasteiger partial charge in [0.1, 0.15) is 5.82 Å². The average Bonchev–Trinajstić information content (AvgIpc) is 3.22. The molecule has 0 spiro atoms. The minimum atomic E-state index is -0.297. The molecule has 2 fully saturated rings. The van der Waals surface area contributed by atoms with E-state index >= 15 is 0 Å². The first-order valence-electron chi connectivity index (χ1n) is 10.1. The summed E-state index contributed by atoms with van der Waals surface area (Å²) in [6, 6.07) is 8.02. The summed E-state index contributed by atoms with van der Waals surface area (Å²) >= 11 is 0. The normalized spacial score (nSPS) is 19.9. The predicted octanol–water partition coefficient (Wildman–Crippen LogP) is 2.32. The molecule has 1 amide bonds. The topological polar surface area (TPSA) is 79.4 Å². The Bertz CT molecular complexity index is 826. The first-order valence-corrected chi connectivity index (χ1v) is 10.1. The maximum absolute atomic E-state index is 12.9. The van der Waals surface area contributed by atoms with Gasteiger partial charge >= 0.3 is 0 Å². The van der Waals surface area contributed by atoms with Gasteiger partial charge in [-0.25, -0.2) is 14.4 Å². The summed E-state index contributed by atoms with van der Waals surface area (Å²) in [5.74, 6) is 0.781. The molecule has 1 aromatic carbocycles. The maximum atomic E-state index is 12.9. The van der Waals surface area contributed by atoms with Crippen LogP contribution in [0.15, 0.2) is 36.5 Å². The van der Waals surface area contributed by atoms with Gasteiger partial charge in [0.15, 0.2) is 0 Å². The van der Waals surface area contributed by atoms with Crippen LogP contribution in [0.25, 0.3) is 0 Å².